The molecule has 0 unspecified atom stereocenters. The molecule has 0 fully saturated rings. The molecule has 0 atom stereocenters. The summed E-state index contributed by atoms with van der Waals surface area (Å²) in [6.45, 7) is 1.71. The van der Waals surface area contributed by atoms with Gasteiger partial charge >= 0.3 is 5.97 Å². The highest BCUT2D eigenvalue weighted by atomic mass is 19.1. The van der Waals surface area contributed by atoms with E-state index in [0.717, 1.165) is 0 Å². The van der Waals surface area contributed by atoms with Crippen molar-refractivity contribution >= 4 is 5.97 Å². The summed E-state index contributed by atoms with van der Waals surface area (Å²) < 4.78 is 18.5. The largest absolute Gasteiger partial charge is 0.494 e. The fraction of sp³-hybridized carbons (Fsp3) is 0.133. The number of ether oxygens (including phenoxy) is 1. The summed E-state index contributed by atoms with van der Waals surface area (Å²) in [6, 6.07) is 9.51. The summed E-state index contributed by atoms with van der Waals surface area (Å²) in [5, 5.41) is 9.08. The van der Waals surface area contributed by atoms with Crippen LogP contribution in [0.25, 0.3) is 11.1 Å². The predicted molar refractivity (Wildman–Crippen MR) is 70.1 cm³/mol. The number of hydrogen-bond donors (Lipinski definition) is 1. The van der Waals surface area contributed by atoms with Gasteiger partial charge in [-0.2, -0.15) is 0 Å². The van der Waals surface area contributed by atoms with Crippen LogP contribution in [0.5, 0.6) is 5.75 Å². The van der Waals surface area contributed by atoms with Crippen molar-refractivity contribution in [2.24, 2.45) is 0 Å². The second-order valence-electron chi connectivity index (χ2n) is 4.13. The predicted octanol–water partition coefficient (Wildman–Crippen LogP) is 3.51. The summed E-state index contributed by atoms with van der Waals surface area (Å²) in [5.74, 6) is -1.30. The zero-order chi connectivity index (χ0) is 14.0. The molecule has 0 aliphatic rings. The van der Waals surface area contributed by atoms with Gasteiger partial charge in [-0.05, 0) is 41.8 Å². The fourth-order valence-corrected chi connectivity index (χ4v) is 2.01. The number of hydrogen-bond acceptors (Lipinski definition) is 2. The van der Waals surface area contributed by atoms with Crippen LogP contribution in [0.3, 0.4) is 0 Å². The van der Waals surface area contributed by atoms with Crippen LogP contribution in [0.4, 0.5) is 4.39 Å². The van der Waals surface area contributed by atoms with E-state index >= 15 is 0 Å². The molecule has 0 aliphatic carbocycles. The van der Waals surface area contributed by atoms with Crippen molar-refractivity contribution in [2.45, 2.75) is 6.92 Å². The molecule has 0 radical (unpaired) electrons. The molecular formula is C15H13FO3. The Hall–Kier alpha value is -2.36. The highest BCUT2D eigenvalue weighted by molar-refractivity contribution is 5.92. The van der Waals surface area contributed by atoms with Crippen molar-refractivity contribution in [3.63, 3.8) is 0 Å². The molecule has 0 amide bonds. The molecule has 19 heavy (non-hydrogen) atoms. The van der Waals surface area contributed by atoms with Gasteiger partial charge in [0.2, 0.25) is 0 Å². The van der Waals surface area contributed by atoms with E-state index in [1.54, 1.807) is 25.1 Å². The monoisotopic (exact) mass is 260 g/mol. The van der Waals surface area contributed by atoms with Crippen molar-refractivity contribution < 1.29 is 19.0 Å². The Balaban J connectivity index is 2.56. The highest BCUT2D eigenvalue weighted by Crippen LogP contribution is 2.29. The Bertz CT molecular complexity index is 635. The normalized spacial score (nSPS) is 10.3. The van der Waals surface area contributed by atoms with E-state index in [2.05, 4.69) is 0 Å². The first kappa shape index (κ1) is 13.1. The summed E-state index contributed by atoms with van der Waals surface area (Å²) in [5.41, 5.74) is 2.15. The molecule has 0 saturated carbocycles. The molecule has 98 valence electrons. The average molecular weight is 260 g/mol. The van der Waals surface area contributed by atoms with Gasteiger partial charge in [0.25, 0.3) is 0 Å². The maximum absolute atomic E-state index is 13.7. The summed E-state index contributed by atoms with van der Waals surface area (Å²) in [4.78, 5) is 11.1. The quantitative estimate of drug-likeness (QED) is 0.918. The minimum Gasteiger partial charge on any atom is -0.494 e. The van der Waals surface area contributed by atoms with E-state index in [-0.39, 0.29) is 11.3 Å². The standard InChI is InChI=1S/C15H13FO3/c1-9-11(4-3-5-12(9)15(17)18)10-6-7-14(19-2)13(16)8-10/h3-8H,1-2H3,(H,17,18). The number of methoxy groups -OCH3 is 1. The summed E-state index contributed by atoms with van der Waals surface area (Å²) in [7, 11) is 1.40. The smallest absolute Gasteiger partial charge is 0.335 e. The van der Waals surface area contributed by atoms with E-state index in [4.69, 9.17) is 9.84 Å². The molecule has 3 nitrogen and oxygen atoms in total. The maximum Gasteiger partial charge on any atom is 0.335 e. The molecule has 0 aromatic heterocycles. The average Bonchev–Trinajstić information content (AvgIpc) is 2.38. The van der Waals surface area contributed by atoms with Crippen LogP contribution in [0, 0.1) is 12.7 Å². The number of carbonyl (C=O) groups is 1. The van der Waals surface area contributed by atoms with Crippen LogP contribution in [0.2, 0.25) is 0 Å². The zero-order valence-electron chi connectivity index (χ0n) is 10.6. The Morgan fingerprint density at radius 2 is 2.00 bits per heavy atom. The van der Waals surface area contributed by atoms with Gasteiger partial charge in [0.1, 0.15) is 0 Å². The van der Waals surface area contributed by atoms with Crippen molar-refractivity contribution in [2.75, 3.05) is 7.11 Å². The van der Waals surface area contributed by atoms with E-state index in [0.29, 0.717) is 16.7 Å². The highest BCUT2D eigenvalue weighted by Gasteiger charge is 2.12. The topological polar surface area (TPSA) is 46.5 Å². The molecule has 2 rings (SSSR count). The zero-order valence-corrected chi connectivity index (χ0v) is 10.6. The van der Waals surface area contributed by atoms with E-state index < -0.39 is 11.8 Å². The molecule has 0 aliphatic heterocycles. The first-order chi connectivity index (χ1) is 9.04. The maximum atomic E-state index is 13.7. The van der Waals surface area contributed by atoms with E-state index in [1.165, 1.54) is 25.3 Å². The fourth-order valence-electron chi connectivity index (χ4n) is 2.01. The van der Waals surface area contributed by atoms with Gasteiger partial charge in [-0.1, -0.05) is 18.2 Å². The van der Waals surface area contributed by atoms with Gasteiger partial charge in [-0.3, -0.25) is 0 Å². The van der Waals surface area contributed by atoms with Gasteiger partial charge in [0.05, 0.1) is 12.7 Å². The molecule has 2 aromatic rings. The van der Waals surface area contributed by atoms with Crippen LogP contribution in [0.1, 0.15) is 15.9 Å². The van der Waals surface area contributed by atoms with Crippen molar-refractivity contribution in [1.29, 1.82) is 0 Å². The third-order valence-corrected chi connectivity index (χ3v) is 3.03. The third-order valence-electron chi connectivity index (χ3n) is 3.03. The first-order valence-corrected chi connectivity index (χ1v) is 5.71. The van der Waals surface area contributed by atoms with Crippen molar-refractivity contribution in [3.8, 4) is 16.9 Å². The number of carboxylic acid groups (broad SMARTS) is 1. The number of rotatable bonds is 3. The molecule has 0 saturated heterocycles. The van der Waals surface area contributed by atoms with Crippen LogP contribution in [-0.2, 0) is 0 Å². The van der Waals surface area contributed by atoms with Gasteiger partial charge < -0.3 is 9.84 Å². The number of aromatic carboxylic acids is 1. The van der Waals surface area contributed by atoms with E-state index in [1.807, 2.05) is 0 Å². The lowest BCUT2D eigenvalue weighted by molar-refractivity contribution is 0.0696. The molecular weight excluding hydrogens is 247 g/mol. The van der Waals surface area contributed by atoms with Crippen LogP contribution in [0.15, 0.2) is 36.4 Å². The van der Waals surface area contributed by atoms with Crippen molar-refractivity contribution in [3.05, 3.63) is 53.3 Å². The Labute approximate surface area is 110 Å². The third kappa shape index (κ3) is 2.42. The number of benzene rings is 2. The number of halogens is 1. The lowest BCUT2D eigenvalue weighted by Crippen LogP contribution is -2.00. The minimum absolute atomic E-state index is 0.163. The van der Waals surface area contributed by atoms with Gasteiger partial charge in [-0.15, -0.1) is 0 Å². The summed E-state index contributed by atoms with van der Waals surface area (Å²) in [6.07, 6.45) is 0. The lowest BCUT2D eigenvalue weighted by Gasteiger charge is -2.10. The second-order valence-corrected chi connectivity index (χ2v) is 4.13. The van der Waals surface area contributed by atoms with Gasteiger partial charge in [0.15, 0.2) is 11.6 Å². The molecule has 0 bridgehead atoms. The Morgan fingerprint density at radius 1 is 1.26 bits per heavy atom. The molecule has 4 heteroatoms. The van der Waals surface area contributed by atoms with E-state index in [9.17, 15) is 9.18 Å². The van der Waals surface area contributed by atoms with Crippen LogP contribution >= 0.6 is 0 Å². The lowest BCUT2D eigenvalue weighted by atomic mass is 9.96. The Kier molecular flexibility index (Phi) is 3.51. The second kappa shape index (κ2) is 5.10. The molecule has 0 spiro atoms. The van der Waals surface area contributed by atoms with Gasteiger partial charge in [-0.25, -0.2) is 9.18 Å². The summed E-state index contributed by atoms with van der Waals surface area (Å²) >= 11 is 0. The van der Waals surface area contributed by atoms with Crippen molar-refractivity contribution in [1.82, 2.24) is 0 Å². The molecule has 2 aromatic carbocycles. The SMILES string of the molecule is COc1ccc(-c2cccc(C(=O)O)c2C)cc1F. The molecule has 0 heterocycles. The minimum atomic E-state index is -0.992. The Morgan fingerprint density at radius 3 is 2.58 bits per heavy atom. The van der Waals surface area contributed by atoms with Crippen LogP contribution in [-0.4, -0.2) is 18.2 Å². The first-order valence-electron chi connectivity index (χ1n) is 5.71. The number of carboxylic acids is 1. The van der Waals surface area contributed by atoms with Crippen LogP contribution < -0.4 is 4.74 Å². The molecule has 1 N–H and O–H groups in total. The van der Waals surface area contributed by atoms with Gasteiger partial charge in [0, 0.05) is 0 Å².